The number of methoxy groups -OCH3 is 1. The number of hydrogen-bond donors (Lipinski definition) is 1. The summed E-state index contributed by atoms with van der Waals surface area (Å²) in [6, 6.07) is 11.7. The van der Waals surface area contributed by atoms with E-state index in [1.54, 1.807) is 13.2 Å². The van der Waals surface area contributed by atoms with Crippen LogP contribution in [0.15, 0.2) is 47.4 Å². The van der Waals surface area contributed by atoms with Crippen molar-refractivity contribution in [3.8, 4) is 5.75 Å². The number of thioether (sulfide) groups is 1. The molecule has 0 atom stereocenters. The lowest BCUT2D eigenvalue weighted by Crippen LogP contribution is -2.11. The molecule has 114 valence electrons. The van der Waals surface area contributed by atoms with Gasteiger partial charge >= 0.3 is 0 Å². The molecular formula is C15H14N2O4S. The van der Waals surface area contributed by atoms with Crippen LogP contribution in [0.5, 0.6) is 5.75 Å². The molecule has 0 heterocycles. The van der Waals surface area contributed by atoms with Crippen LogP contribution in [-0.2, 0) is 5.75 Å². The molecule has 0 aliphatic carbocycles. The van der Waals surface area contributed by atoms with Crippen molar-refractivity contribution in [2.24, 2.45) is 5.73 Å². The van der Waals surface area contributed by atoms with Gasteiger partial charge < -0.3 is 10.5 Å². The zero-order valence-electron chi connectivity index (χ0n) is 11.8. The van der Waals surface area contributed by atoms with E-state index in [1.807, 2.05) is 24.3 Å². The minimum atomic E-state index is -0.683. The summed E-state index contributed by atoms with van der Waals surface area (Å²) < 4.78 is 5.08. The molecule has 0 bridgehead atoms. The van der Waals surface area contributed by atoms with Gasteiger partial charge in [-0.15, -0.1) is 11.8 Å². The van der Waals surface area contributed by atoms with E-state index in [-0.39, 0.29) is 11.3 Å². The number of rotatable bonds is 6. The zero-order chi connectivity index (χ0) is 16.1. The maximum Gasteiger partial charge on any atom is 0.274 e. The molecule has 0 saturated carbocycles. The molecule has 2 aromatic rings. The SMILES string of the molecule is COc1ccc(SCc2ccc(C(N)=O)cc2[N+](=O)[O-])cc1. The van der Waals surface area contributed by atoms with E-state index in [2.05, 4.69) is 0 Å². The van der Waals surface area contributed by atoms with Gasteiger partial charge in [0.25, 0.3) is 5.69 Å². The predicted octanol–water partition coefficient (Wildman–Crippen LogP) is 2.99. The van der Waals surface area contributed by atoms with Crippen LogP contribution in [0.4, 0.5) is 5.69 Å². The Labute approximate surface area is 131 Å². The predicted molar refractivity (Wildman–Crippen MR) is 84.2 cm³/mol. The Morgan fingerprint density at radius 1 is 1.27 bits per heavy atom. The van der Waals surface area contributed by atoms with Crippen molar-refractivity contribution in [2.75, 3.05) is 7.11 Å². The third kappa shape index (κ3) is 3.76. The minimum absolute atomic E-state index is 0.0997. The lowest BCUT2D eigenvalue weighted by Gasteiger charge is -2.06. The highest BCUT2D eigenvalue weighted by Crippen LogP contribution is 2.29. The molecule has 6 nitrogen and oxygen atoms in total. The van der Waals surface area contributed by atoms with E-state index in [0.717, 1.165) is 10.6 Å². The van der Waals surface area contributed by atoms with Crippen LogP contribution in [0.1, 0.15) is 15.9 Å². The molecular weight excluding hydrogens is 304 g/mol. The van der Waals surface area contributed by atoms with Crippen LogP contribution in [0.3, 0.4) is 0 Å². The second kappa shape index (κ2) is 6.95. The molecule has 7 heteroatoms. The Morgan fingerprint density at radius 2 is 1.95 bits per heavy atom. The third-order valence-electron chi connectivity index (χ3n) is 3.02. The molecule has 22 heavy (non-hydrogen) atoms. The molecule has 2 rings (SSSR count). The average molecular weight is 318 g/mol. The maximum atomic E-state index is 11.1. The molecule has 1 amide bonds. The van der Waals surface area contributed by atoms with Gasteiger partial charge in [0.05, 0.1) is 12.0 Å². The Bertz CT molecular complexity index is 701. The molecule has 0 fully saturated rings. The summed E-state index contributed by atoms with van der Waals surface area (Å²) in [6.07, 6.45) is 0. The molecule has 0 aromatic heterocycles. The normalized spacial score (nSPS) is 10.2. The lowest BCUT2D eigenvalue weighted by atomic mass is 10.1. The van der Waals surface area contributed by atoms with Crippen LogP contribution in [0, 0.1) is 10.1 Å². The van der Waals surface area contributed by atoms with E-state index in [9.17, 15) is 14.9 Å². The van der Waals surface area contributed by atoms with Gasteiger partial charge in [0, 0.05) is 27.8 Å². The number of carbonyl (C=O) groups is 1. The molecule has 2 N–H and O–H groups in total. The van der Waals surface area contributed by atoms with Gasteiger partial charge in [-0.25, -0.2) is 0 Å². The molecule has 0 unspecified atom stereocenters. The molecule has 0 aliphatic rings. The summed E-state index contributed by atoms with van der Waals surface area (Å²) in [4.78, 5) is 22.7. The summed E-state index contributed by atoms with van der Waals surface area (Å²) in [5, 5.41) is 11.1. The first-order chi connectivity index (χ1) is 10.5. The van der Waals surface area contributed by atoms with Gasteiger partial charge in [0.15, 0.2) is 0 Å². The summed E-state index contributed by atoms with van der Waals surface area (Å²) in [7, 11) is 1.59. The van der Waals surface area contributed by atoms with Crippen LogP contribution in [0.25, 0.3) is 0 Å². The number of carbonyl (C=O) groups excluding carboxylic acids is 1. The van der Waals surface area contributed by atoms with Crippen molar-refractivity contribution in [2.45, 2.75) is 10.6 Å². The maximum absolute atomic E-state index is 11.1. The number of nitro groups is 1. The number of nitrogens with two attached hydrogens (primary N) is 1. The molecule has 0 saturated heterocycles. The van der Waals surface area contributed by atoms with Gasteiger partial charge in [-0.1, -0.05) is 6.07 Å². The second-order valence-corrected chi connectivity index (χ2v) is 5.48. The van der Waals surface area contributed by atoms with Gasteiger partial charge in [-0.2, -0.15) is 0 Å². The topological polar surface area (TPSA) is 95.5 Å². The third-order valence-corrected chi connectivity index (χ3v) is 4.08. The van der Waals surface area contributed by atoms with Crippen LogP contribution in [0.2, 0.25) is 0 Å². The van der Waals surface area contributed by atoms with Crippen molar-refractivity contribution < 1.29 is 14.5 Å². The number of benzene rings is 2. The van der Waals surface area contributed by atoms with Crippen molar-refractivity contribution >= 4 is 23.4 Å². The highest BCUT2D eigenvalue weighted by molar-refractivity contribution is 7.98. The summed E-state index contributed by atoms with van der Waals surface area (Å²) >= 11 is 1.46. The number of hydrogen-bond acceptors (Lipinski definition) is 5. The van der Waals surface area contributed by atoms with E-state index >= 15 is 0 Å². The summed E-state index contributed by atoms with van der Waals surface area (Å²) in [5.41, 5.74) is 5.71. The van der Waals surface area contributed by atoms with Crippen molar-refractivity contribution in [3.05, 3.63) is 63.7 Å². The Morgan fingerprint density at radius 3 is 2.50 bits per heavy atom. The monoisotopic (exact) mass is 318 g/mol. The Hall–Kier alpha value is -2.54. The molecule has 0 spiro atoms. The second-order valence-electron chi connectivity index (χ2n) is 4.43. The Kier molecular flexibility index (Phi) is 5.00. The van der Waals surface area contributed by atoms with E-state index < -0.39 is 10.8 Å². The molecule has 0 radical (unpaired) electrons. The smallest absolute Gasteiger partial charge is 0.274 e. The van der Waals surface area contributed by atoms with Crippen molar-refractivity contribution in [3.63, 3.8) is 0 Å². The first-order valence-corrected chi connectivity index (χ1v) is 7.34. The van der Waals surface area contributed by atoms with Gasteiger partial charge in [0.1, 0.15) is 5.75 Å². The van der Waals surface area contributed by atoms with Crippen molar-refractivity contribution in [1.82, 2.24) is 0 Å². The zero-order valence-corrected chi connectivity index (χ0v) is 12.6. The molecule has 0 aliphatic heterocycles. The number of amides is 1. The first-order valence-electron chi connectivity index (χ1n) is 6.35. The van der Waals surface area contributed by atoms with E-state index in [1.165, 1.54) is 23.9 Å². The summed E-state index contributed by atoms with van der Waals surface area (Å²) in [6.45, 7) is 0. The largest absolute Gasteiger partial charge is 0.497 e. The number of primary amides is 1. The van der Waals surface area contributed by atoms with Gasteiger partial charge in [-0.3, -0.25) is 14.9 Å². The van der Waals surface area contributed by atoms with Crippen LogP contribution in [-0.4, -0.2) is 17.9 Å². The lowest BCUT2D eigenvalue weighted by molar-refractivity contribution is -0.385. The Balaban J connectivity index is 2.17. The fourth-order valence-corrected chi connectivity index (χ4v) is 2.74. The fourth-order valence-electron chi connectivity index (χ4n) is 1.84. The van der Waals surface area contributed by atoms with Crippen molar-refractivity contribution in [1.29, 1.82) is 0 Å². The minimum Gasteiger partial charge on any atom is -0.497 e. The van der Waals surface area contributed by atoms with Gasteiger partial charge in [0.2, 0.25) is 5.91 Å². The van der Waals surface area contributed by atoms with Crippen LogP contribution < -0.4 is 10.5 Å². The number of nitro benzene ring substituents is 1. The first kappa shape index (κ1) is 15.8. The quantitative estimate of drug-likeness (QED) is 0.502. The van der Waals surface area contributed by atoms with Crippen LogP contribution >= 0.6 is 11.8 Å². The number of ether oxygens (including phenoxy) is 1. The van der Waals surface area contributed by atoms with E-state index in [4.69, 9.17) is 10.5 Å². The number of nitrogens with zero attached hydrogens (tertiary/aromatic N) is 1. The highest BCUT2D eigenvalue weighted by Gasteiger charge is 2.16. The van der Waals surface area contributed by atoms with E-state index in [0.29, 0.717) is 11.3 Å². The fraction of sp³-hybridized carbons (Fsp3) is 0.133. The standard InChI is InChI=1S/C15H14N2O4S/c1-21-12-4-6-13(7-5-12)22-9-11-3-2-10(15(16)18)8-14(11)17(19)20/h2-8H,9H2,1H3,(H2,16,18). The molecule has 2 aromatic carbocycles. The van der Waals surface area contributed by atoms with Gasteiger partial charge in [-0.05, 0) is 30.3 Å². The highest BCUT2D eigenvalue weighted by atomic mass is 32.2. The average Bonchev–Trinajstić information content (AvgIpc) is 2.53. The summed E-state index contributed by atoms with van der Waals surface area (Å²) in [5.74, 6) is 0.486.